The van der Waals surface area contributed by atoms with Gasteiger partial charge < -0.3 is 15.5 Å². The summed E-state index contributed by atoms with van der Waals surface area (Å²) in [5.74, 6) is 1.16. The summed E-state index contributed by atoms with van der Waals surface area (Å²) in [7, 11) is 0. The van der Waals surface area contributed by atoms with E-state index in [4.69, 9.17) is 10.2 Å². The molecule has 1 aromatic carbocycles. The zero-order chi connectivity index (χ0) is 14.5. The van der Waals surface area contributed by atoms with E-state index in [1.165, 1.54) is 0 Å². The Morgan fingerprint density at radius 3 is 2.55 bits per heavy atom. The van der Waals surface area contributed by atoms with Gasteiger partial charge in [0.25, 0.3) is 5.91 Å². The third-order valence-electron chi connectivity index (χ3n) is 3.12. The second kappa shape index (κ2) is 6.34. The summed E-state index contributed by atoms with van der Waals surface area (Å²) in [5.41, 5.74) is 8.08. The van der Waals surface area contributed by atoms with Crippen molar-refractivity contribution >= 4 is 5.91 Å². The first kappa shape index (κ1) is 14.3. The highest BCUT2D eigenvalue weighted by Gasteiger charge is 2.09. The van der Waals surface area contributed by atoms with Crippen molar-refractivity contribution in [1.29, 1.82) is 0 Å². The van der Waals surface area contributed by atoms with Crippen molar-refractivity contribution in [3.8, 4) is 0 Å². The van der Waals surface area contributed by atoms with E-state index in [0.29, 0.717) is 18.0 Å². The van der Waals surface area contributed by atoms with Crippen LogP contribution in [0.4, 0.5) is 0 Å². The molecular weight excluding hydrogens is 254 g/mol. The minimum atomic E-state index is -0.141. The Labute approximate surface area is 118 Å². The molecule has 0 spiro atoms. The molecule has 3 N–H and O–H groups in total. The fourth-order valence-electron chi connectivity index (χ4n) is 1.86. The molecule has 0 fully saturated rings. The Balaban J connectivity index is 1.94. The van der Waals surface area contributed by atoms with Crippen LogP contribution in [-0.2, 0) is 13.0 Å². The minimum Gasteiger partial charge on any atom is -0.444 e. The lowest BCUT2D eigenvalue weighted by Crippen LogP contribution is -2.22. The van der Waals surface area contributed by atoms with Crippen LogP contribution in [0.15, 0.2) is 28.7 Å². The van der Waals surface area contributed by atoms with Crippen molar-refractivity contribution in [1.82, 2.24) is 10.3 Å². The predicted octanol–water partition coefficient (Wildman–Crippen LogP) is 1.72. The van der Waals surface area contributed by atoms with E-state index < -0.39 is 0 Å². The monoisotopic (exact) mass is 273 g/mol. The number of benzene rings is 1. The Kier molecular flexibility index (Phi) is 4.53. The molecule has 2 aromatic rings. The van der Waals surface area contributed by atoms with E-state index in [1.54, 1.807) is 12.1 Å². The second-order valence-corrected chi connectivity index (χ2v) is 4.67. The molecule has 0 saturated carbocycles. The first-order valence-corrected chi connectivity index (χ1v) is 6.60. The lowest BCUT2D eigenvalue weighted by atomic mass is 10.1. The molecule has 0 aliphatic heterocycles. The SMILES string of the molecule is Cc1nc(CNC(=O)c2ccc(CCN)cc2)oc1C. The second-order valence-electron chi connectivity index (χ2n) is 4.67. The van der Waals surface area contributed by atoms with Crippen LogP contribution in [-0.4, -0.2) is 17.4 Å². The first-order chi connectivity index (χ1) is 9.60. The third kappa shape index (κ3) is 3.45. The maximum atomic E-state index is 12.0. The van der Waals surface area contributed by atoms with Gasteiger partial charge in [0, 0.05) is 5.56 Å². The Hall–Kier alpha value is -2.14. The Morgan fingerprint density at radius 2 is 2.00 bits per heavy atom. The average Bonchev–Trinajstić information content (AvgIpc) is 2.76. The number of oxazole rings is 1. The standard InChI is InChI=1S/C15H19N3O2/c1-10-11(2)20-14(18-10)9-17-15(19)13-5-3-12(4-6-13)7-8-16/h3-6H,7-9,16H2,1-2H3,(H,17,19). The summed E-state index contributed by atoms with van der Waals surface area (Å²) in [6.45, 7) is 4.62. The molecular formula is C15H19N3O2. The van der Waals surface area contributed by atoms with E-state index in [9.17, 15) is 4.79 Å². The summed E-state index contributed by atoms with van der Waals surface area (Å²) < 4.78 is 5.41. The van der Waals surface area contributed by atoms with Gasteiger partial charge in [-0.25, -0.2) is 4.98 Å². The number of nitrogens with zero attached hydrogens (tertiary/aromatic N) is 1. The van der Waals surface area contributed by atoms with Gasteiger partial charge in [0.2, 0.25) is 5.89 Å². The number of carbonyl (C=O) groups excluding carboxylic acids is 1. The third-order valence-corrected chi connectivity index (χ3v) is 3.12. The number of aromatic nitrogens is 1. The van der Waals surface area contributed by atoms with Crippen LogP contribution >= 0.6 is 0 Å². The lowest BCUT2D eigenvalue weighted by Gasteiger charge is -2.04. The zero-order valence-corrected chi connectivity index (χ0v) is 11.8. The van der Waals surface area contributed by atoms with Crippen LogP contribution in [0.5, 0.6) is 0 Å². The largest absolute Gasteiger partial charge is 0.444 e. The van der Waals surface area contributed by atoms with E-state index in [2.05, 4.69) is 10.3 Å². The van der Waals surface area contributed by atoms with Gasteiger partial charge in [0.1, 0.15) is 5.76 Å². The van der Waals surface area contributed by atoms with Gasteiger partial charge in [-0.1, -0.05) is 12.1 Å². The molecule has 1 heterocycles. The highest BCUT2D eigenvalue weighted by Crippen LogP contribution is 2.09. The topological polar surface area (TPSA) is 81.2 Å². The average molecular weight is 273 g/mol. The van der Waals surface area contributed by atoms with Gasteiger partial charge in [-0.15, -0.1) is 0 Å². The molecule has 0 aliphatic rings. The van der Waals surface area contributed by atoms with Crippen molar-refractivity contribution in [3.63, 3.8) is 0 Å². The van der Waals surface area contributed by atoms with Crippen LogP contribution in [0.2, 0.25) is 0 Å². The van der Waals surface area contributed by atoms with E-state index >= 15 is 0 Å². The fraction of sp³-hybridized carbons (Fsp3) is 0.333. The number of nitrogens with one attached hydrogen (secondary N) is 1. The molecule has 2 rings (SSSR count). The van der Waals surface area contributed by atoms with Gasteiger partial charge in [-0.2, -0.15) is 0 Å². The summed E-state index contributed by atoms with van der Waals surface area (Å²) in [6, 6.07) is 7.43. The van der Waals surface area contributed by atoms with E-state index in [-0.39, 0.29) is 12.5 Å². The van der Waals surface area contributed by atoms with Crippen molar-refractivity contribution in [2.75, 3.05) is 6.54 Å². The van der Waals surface area contributed by atoms with Crippen molar-refractivity contribution in [3.05, 3.63) is 52.7 Å². The van der Waals surface area contributed by atoms with Crippen molar-refractivity contribution < 1.29 is 9.21 Å². The predicted molar refractivity (Wildman–Crippen MR) is 76.3 cm³/mol. The number of hydrogen-bond donors (Lipinski definition) is 2. The van der Waals surface area contributed by atoms with E-state index in [0.717, 1.165) is 23.4 Å². The molecule has 0 bridgehead atoms. The molecule has 0 unspecified atom stereocenters. The number of nitrogens with two attached hydrogens (primary N) is 1. The summed E-state index contributed by atoms with van der Waals surface area (Å²) in [4.78, 5) is 16.2. The zero-order valence-electron chi connectivity index (χ0n) is 11.8. The molecule has 5 heteroatoms. The van der Waals surface area contributed by atoms with Gasteiger partial charge in [0.15, 0.2) is 0 Å². The number of aryl methyl sites for hydroxylation is 2. The molecule has 0 aliphatic carbocycles. The van der Waals surface area contributed by atoms with E-state index in [1.807, 2.05) is 26.0 Å². The summed E-state index contributed by atoms with van der Waals surface area (Å²) in [6.07, 6.45) is 0.816. The van der Waals surface area contributed by atoms with Gasteiger partial charge >= 0.3 is 0 Å². The molecule has 5 nitrogen and oxygen atoms in total. The normalized spacial score (nSPS) is 10.6. The number of amides is 1. The fourth-order valence-corrected chi connectivity index (χ4v) is 1.86. The number of carbonyl (C=O) groups is 1. The van der Waals surface area contributed by atoms with Gasteiger partial charge in [0.05, 0.1) is 12.2 Å². The number of rotatable bonds is 5. The van der Waals surface area contributed by atoms with Crippen molar-refractivity contribution in [2.45, 2.75) is 26.8 Å². The minimum absolute atomic E-state index is 0.141. The maximum absolute atomic E-state index is 12.0. The highest BCUT2D eigenvalue weighted by atomic mass is 16.4. The molecule has 0 radical (unpaired) electrons. The smallest absolute Gasteiger partial charge is 0.251 e. The molecule has 1 aromatic heterocycles. The molecule has 0 atom stereocenters. The van der Waals surface area contributed by atoms with Crippen LogP contribution in [0.3, 0.4) is 0 Å². The van der Waals surface area contributed by atoms with Crippen LogP contribution in [0.25, 0.3) is 0 Å². The Bertz CT molecular complexity index is 568. The van der Waals surface area contributed by atoms with Gasteiger partial charge in [-0.05, 0) is 44.5 Å². The molecule has 20 heavy (non-hydrogen) atoms. The van der Waals surface area contributed by atoms with Gasteiger partial charge in [-0.3, -0.25) is 4.79 Å². The molecule has 106 valence electrons. The van der Waals surface area contributed by atoms with Crippen LogP contribution < -0.4 is 11.1 Å². The lowest BCUT2D eigenvalue weighted by molar-refractivity contribution is 0.0947. The molecule has 1 amide bonds. The quantitative estimate of drug-likeness (QED) is 0.869. The van der Waals surface area contributed by atoms with Crippen LogP contribution in [0.1, 0.15) is 33.3 Å². The highest BCUT2D eigenvalue weighted by molar-refractivity contribution is 5.94. The summed E-state index contributed by atoms with van der Waals surface area (Å²) >= 11 is 0. The first-order valence-electron chi connectivity index (χ1n) is 6.60. The summed E-state index contributed by atoms with van der Waals surface area (Å²) in [5, 5.41) is 2.79. The Morgan fingerprint density at radius 1 is 1.30 bits per heavy atom. The van der Waals surface area contributed by atoms with Crippen LogP contribution in [0, 0.1) is 13.8 Å². The number of hydrogen-bond acceptors (Lipinski definition) is 4. The molecule has 0 saturated heterocycles. The maximum Gasteiger partial charge on any atom is 0.251 e. The van der Waals surface area contributed by atoms with Crippen molar-refractivity contribution in [2.24, 2.45) is 5.73 Å².